The van der Waals surface area contributed by atoms with Gasteiger partial charge in [-0.05, 0) is 77.6 Å². The second-order valence-electron chi connectivity index (χ2n) is 6.82. The van der Waals surface area contributed by atoms with E-state index in [-0.39, 0.29) is 0 Å². The third-order valence-electron chi connectivity index (χ3n) is 4.91. The summed E-state index contributed by atoms with van der Waals surface area (Å²) in [6, 6.07) is 14.4. The van der Waals surface area contributed by atoms with E-state index in [1.165, 1.54) is 11.1 Å². The second-order valence-corrected chi connectivity index (χ2v) is 10.3. The zero-order valence-corrected chi connectivity index (χ0v) is 17.8. The number of benzene rings is 3. The highest BCUT2D eigenvalue weighted by Crippen LogP contribution is 2.34. The topological polar surface area (TPSA) is 29.1 Å². The molecule has 0 aliphatic carbocycles. The number of aryl methyl sites for hydroxylation is 2. The van der Waals surface area contributed by atoms with Gasteiger partial charge < -0.3 is 4.72 Å². The van der Waals surface area contributed by atoms with Gasteiger partial charge in [-0.3, -0.25) is 4.21 Å². The van der Waals surface area contributed by atoms with E-state index in [9.17, 15) is 4.21 Å². The molecule has 0 aromatic heterocycles. The van der Waals surface area contributed by atoms with Crippen molar-refractivity contribution in [3.05, 3.63) is 69.2 Å². The van der Waals surface area contributed by atoms with E-state index < -0.39 is 10.1 Å². The first-order valence-corrected chi connectivity index (χ1v) is 11.3. The third kappa shape index (κ3) is 3.38. The molecule has 0 aliphatic heterocycles. The molecule has 4 heteroatoms. The predicted molar refractivity (Wildman–Crippen MR) is 114 cm³/mol. The number of hydrogen-bond donors (Lipinski definition) is 2. The summed E-state index contributed by atoms with van der Waals surface area (Å²) in [6.07, 6.45) is 1.83. The standard InChI is InChI=1S/C21H24BrNOS/c1-13-10-14(2)16(4)21(15(13)3)25(5,24)23-20-12-18(22)11-17-8-6-7-9-19(17)20/h6-12,25H,1-5H3,(H,23,24). The lowest BCUT2D eigenvalue weighted by Gasteiger charge is -2.28. The molecule has 0 bridgehead atoms. The number of anilines is 1. The fourth-order valence-electron chi connectivity index (χ4n) is 3.49. The fourth-order valence-corrected chi connectivity index (χ4v) is 6.35. The molecule has 0 aliphatic rings. The molecule has 25 heavy (non-hydrogen) atoms. The van der Waals surface area contributed by atoms with Gasteiger partial charge in [-0.15, -0.1) is 0 Å². The highest BCUT2D eigenvalue weighted by molar-refractivity contribution is 9.10. The van der Waals surface area contributed by atoms with Crippen molar-refractivity contribution in [1.82, 2.24) is 0 Å². The van der Waals surface area contributed by atoms with Crippen molar-refractivity contribution in [2.45, 2.75) is 32.6 Å². The average molecular weight is 418 g/mol. The molecule has 0 saturated heterocycles. The maximum absolute atomic E-state index is 13.8. The lowest BCUT2D eigenvalue weighted by atomic mass is 10.0. The quantitative estimate of drug-likeness (QED) is 0.512. The summed E-state index contributed by atoms with van der Waals surface area (Å²) in [4.78, 5) is 0.953. The van der Waals surface area contributed by atoms with Crippen LogP contribution in [0.4, 0.5) is 5.69 Å². The van der Waals surface area contributed by atoms with Crippen molar-refractivity contribution in [2.24, 2.45) is 0 Å². The molecule has 1 N–H and O–H groups in total. The Kier molecular flexibility index (Phi) is 4.78. The molecule has 0 fully saturated rings. The van der Waals surface area contributed by atoms with Crippen LogP contribution in [0.3, 0.4) is 0 Å². The van der Waals surface area contributed by atoms with Crippen LogP contribution < -0.4 is 4.72 Å². The van der Waals surface area contributed by atoms with Crippen LogP contribution in [0.2, 0.25) is 0 Å². The molecule has 2 nitrogen and oxygen atoms in total. The van der Waals surface area contributed by atoms with Crippen LogP contribution >= 0.6 is 15.9 Å². The Morgan fingerprint density at radius 1 is 0.920 bits per heavy atom. The first-order chi connectivity index (χ1) is 11.7. The average Bonchev–Trinajstić information content (AvgIpc) is 2.52. The van der Waals surface area contributed by atoms with E-state index in [1.54, 1.807) is 0 Å². The Balaban J connectivity index is 2.18. The van der Waals surface area contributed by atoms with E-state index in [4.69, 9.17) is 0 Å². The molecule has 132 valence electrons. The number of fused-ring (bicyclic) bond motifs is 1. The lowest BCUT2D eigenvalue weighted by molar-refractivity contribution is 0.676. The first kappa shape index (κ1) is 18.2. The van der Waals surface area contributed by atoms with E-state index in [0.29, 0.717) is 0 Å². The Labute approximate surface area is 159 Å². The Hall–Kier alpha value is -1.65. The van der Waals surface area contributed by atoms with Crippen molar-refractivity contribution in [1.29, 1.82) is 0 Å². The zero-order chi connectivity index (χ0) is 18.4. The third-order valence-corrected chi connectivity index (χ3v) is 7.56. The molecule has 0 saturated carbocycles. The molecule has 3 rings (SSSR count). The summed E-state index contributed by atoms with van der Waals surface area (Å²) in [5.41, 5.74) is 5.48. The lowest BCUT2D eigenvalue weighted by Crippen LogP contribution is -2.24. The van der Waals surface area contributed by atoms with E-state index in [1.807, 2.05) is 24.5 Å². The van der Waals surface area contributed by atoms with Gasteiger partial charge in [0.2, 0.25) is 0 Å². The number of rotatable bonds is 3. The predicted octanol–water partition coefficient (Wildman–Crippen LogP) is 5.87. The summed E-state index contributed by atoms with van der Waals surface area (Å²) in [5.74, 6) is 0. The van der Waals surface area contributed by atoms with Crippen LogP contribution in [0.1, 0.15) is 22.3 Å². The summed E-state index contributed by atoms with van der Waals surface area (Å²) in [5, 5.41) is 2.20. The Bertz CT molecular complexity index is 1000. The van der Waals surface area contributed by atoms with Crippen molar-refractivity contribution in [3.63, 3.8) is 0 Å². The molecule has 0 spiro atoms. The number of thiol groups is 1. The van der Waals surface area contributed by atoms with Crippen molar-refractivity contribution >= 4 is 42.5 Å². The van der Waals surface area contributed by atoms with E-state index in [0.717, 1.165) is 37.0 Å². The van der Waals surface area contributed by atoms with E-state index >= 15 is 0 Å². The van der Waals surface area contributed by atoms with Crippen molar-refractivity contribution in [3.8, 4) is 0 Å². The summed E-state index contributed by atoms with van der Waals surface area (Å²) in [7, 11) is -2.79. The minimum absolute atomic E-state index is 0.897. The van der Waals surface area contributed by atoms with Gasteiger partial charge >= 0.3 is 0 Å². The molecule has 0 heterocycles. The molecule has 3 aromatic carbocycles. The monoisotopic (exact) mass is 417 g/mol. The zero-order valence-electron chi connectivity index (χ0n) is 15.3. The van der Waals surface area contributed by atoms with Crippen LogP contribution in [0.25, 0.3) is 10.8 Å². The van der Waals surface area contributed by atoms with Crippen LogP contribution in [0.5, 0.6) is 0 Å². The Morgan fingerprint density at radius 3 is 2.16 bits per heavy atom. The SMILES string of the molecule is Cc1cc(C)c(C)c([SH](C)(=O)Nc2cc(Br)cc3ccccc23)c1C. The van der Waals surface area contributed by atoms with Gasteiger partial charge in [0, 0.05) is 21.0 Å². The minimum atomic E-state index is -2.79. The Morgan fingerprint density at radius 2 is 1.52 bits per heavy atom. The van der Waals surface area contributed by atoms with E-state index in [2.05, 4.69) is 72.6 Å². The largest absolute Gasteiger partial charge is 0.323 e. The molecule has 0 radical (unpaired) electrons. The van der Waals surface area contributed by atoms with Crippen LogP contribution in [-0.2, 0) is 10.1 Å². The van der Waals surface area contributed by atoms with Gasteiger partial charge in [-0.2, -0.15) is 0 Å². The summed E-state index contributed by atoms with van der Waals surface area (Å²) in [6.45, 7) is 8.29. The van der Waals surface area contributed by atoms with Crippen LogP contribution in [-0.4, -0.2) is 10.5 Å². The van der Waals surface area contributed by atoms with Crippen LogP contribution in [0, 0.1) is 27.7 Å². The molecule has 0 atom stereocenters. The highest BCUT2D eigenvalue weighted by Gasteiger charge is 2.20. The molecular weight excluding hydrogens is 394 g/mol. The highest BCUT2D eigenvalue weighted by atomic mass is 79.9. The molecular formula is C21H24BrNOS. The first-order valence-electron chi connectivity index (χ1n) is 8.33. The van der Waals surface area contributed by atoms with Crippen molar-refractivity contribution < 1.29 is 4.21 Å². The smallest absolute Gasteiger partial charge is 0.0536 e. The minimum Gasteiger partial charge on any atom is -0.323 e. The maximum atomic E-state index is 13.8. The summed E-state index contributed by atoms with van der Waals surface area (Å²) < 4.78 is 18.1. The van der Waals surface area contributed by atoms with Gasteiger partial charge in [0.15, 0.2) is 0 Å². The molecule has 0 amide bonds. The molecule has 3 aromatic rings. The summed E-state index contributed by atoms with van der Waals surface area (Å²) >= 11 is 3.57. The second kappa shape index (κ2) is 6.58. The molecule has 0 unspecified atom stereocenters. The normalized spacial score (nSPS) is 12.4. The van der Waals surface area contributed by atoms with Gasteiger partial charge in [0.05, 0.1) is 5.69 Å². The van der Waals surface area contributed by atoms with Gasteiger partial charge in [0.25, 0.3) is 0 Å². The number of nitrogens with one attached hydrogen (secondary N) is 1. The van der Waals surface area contributed by atoms with Gasteiger partial charge in [0.1, 0.15) is 0 Å². The van der Waals surface area contributed by atoms with Gasteiger partial charge in [-0.25, -0.2) is 0 Å². The number of halogens is 1. The van der Waals surface area contributed by atoms with Gasteiger partial charge in [-0.1, -0.05) is 46.3 Å². The fraction of sp³-hybridized carbons (Fsp3) is 0.238. The van der Waals surface area contributed by atoms with Crippen molar-refractivity contribution in [2.75, 3.05) is 11.0 Å². The van der Waals surface area contributed by atoms with Crippen LogP contribution in [0.15, 0.2) is 51.8 Å². The number of hydrogen-bond acceptors (Lipinski definition) is 1. The maximum Gasteiger partial charge on any atom is 0.0536 e.